The van der Waals surface area contributed by atoms with E-state index in [0.717, 1.165) is 45.8 Å². The second kappa shape index (κ2) is 14.9. The zero-order valence-electron chi connectivity index (χ0n) is 22.6. The van der Waals surface area contributed by atoms with E-state index in [1.54, 1.807) is 0 Å². The van der Waals surface area contributed by atoms with Gasteiger partial charge in [0.05, 0.1) is 22.7 Å². The van der Waals surface area contributed by atoms with Crippen LogP contribution in [0, 0.1) is 0 Å². The van der Waals surface area contributed by atoms with Crippen LogP contribution in [0.2, 0.25) is 0 Å². The third kappa shape index (κ3) is 9.34. The summed E-state index contributed by atoms with van der Waals surface area (Å²) in [5.74, 6) is 1.18. The molecule has 0 aliphatic rings. The molecule has 2 N–H and O–H groups in total. The predicted molar refractivity (Wildman–Crippen MR) is 164 cm³/mol. The van der Waals surface area contributed by atoms with Crippen LogP contribution in [0.3, 0.4) is 0 Å². The SMILES string of the molecule is CCC(C)c1ccc(N=Nc2ccc(Br)cc2)cc1.CCC(C)c1ccc(N=Nc2ccc(N)cc2)cc1. The van der Waals surface area contributed by atoms with Crippen LogP contribution in [-0.4, -0.2) is 0 Å². The Bertz CT molecular complexity index is 1190. The lowest BCUT2D eigenvalue weighted by Crippen LogP contribution is -1.89. The van der Waals surface area contributed by atoms with Crippen LogP contribution in [0.1, 0.15) is 63.5 Å². The Balaban J connectivity index is 0.000000211. The van der Waals surface area contributed by atoms with E-state index >= 15 is 0 Å². The first-order valence-electron chi connectivity index (χ1n) is 13.0. The summed E-state index contributed by atoms with van der Waals surface area (Å²) in [7, 11) is 0. The van der Waals surface area contributed by atoms with Crippen molar-refractivity contribution in [2.75, 3.05) is 5.73 Å². The molecule has 0 spiro atoms. The van der Waals surface area contributed by atoms with Gasteiger partial charge in [-0.1, -0.05) is 67.9 Å². The molecule has 0 radical (unpaired) electrons. The number of azo groups is 2. The molecule has 0 aliphatic heterocycles. The van der Waals surface area contributed by atoms with E-state index in [0.29, 0.717) is 11.8 Å². The average Bonchev–Trinajstić information content (AvgIpc) is 2.96. The fourth-order valence-corrected chi connectivity index (χ4v) is 3.75. The largest absolute Gasteiger partial charge is 0.399 e. The summed E-state index contributed by atoms with van der Waals surface area (Å²) in [5.41, 5.74) is 12.5. The number of nitrogen functional groups attached to an aromatic ring is 1. The van der Waals surface area contributed by atoms with Gasteiger partial charge >= 0.3 is 0 Å². The lowest BCUT2D eigenvalue weighted by atomic mass is 9.99. The highest BCUT2D eigenvalue weighted by molar-refractivity contribution is 9.10. The predicted octanol–water partition coefficient (Wildman–Crippen LogP) is 11.6. The number of halogens is 1. The number of anilines is 1. The zero-order chi connectivity index (χ0) is 27.3. The van der Waals surface area contributed by atoms with E-state index < -0.39 is 0 Å². The molecule has 5 nitrogen and oxygen atoms in total. The number of rotatable bonds is 8. The van der Waals surface area contributed by atoms with Crippen LogP contribution in [-0.2, 0) is 0 Å². The van der Waals surface area contributed by atoms with Gasteiger partial charge in [-0.2, -0.15) is 20.5 Å². The van der Waals surface area contributed by atoms with Crippen molar-refractivity contribution in [1.29, 1.82) is 0 Å². The molecule has 0 saturated heterocycles. The molecule has 0 saturated carbocycles. The molecule has 38 heavy (non-hydrogen) atoms. The molecule has 0 fully saturated rings. The minimum absolute atomic E-state index is 0.586. The molecule has 4 aromatic carbocycles. The summed E-state index contributed by atoms with van der Waals surface area (Å²) in [4.78, 5) is 0. The number of hydrogen-bond donors (Lipinski definition) is 1. The molecule has 4 aromatic rings. The second-order valence-electron chi connectivity index (χ2n) is 9.27. The molecular weight excluding hydrogens is 534 g/mol. The molecular formula is C32H36BrN5. The Morgan fingerprint density at radius 3 is 1.13 bits per heavy atom. The van der Waals surface area contributed by atoms with Gasteiger partial charge in [-0.25, -0.2) is 0 Å². The average molecular weight is 571 g/mol. The van der Waals surface area contributed by atoms with E-state index in [4.69, 9.17) is 5.73 Å². The third-order valence-electron chi connectivity index (χ3n) is 6.43. The van der Waals surface area contributed by atoms with Crippen LogP contribution in [0.4, 0.5) is 28.4 Å². The summed E-state index contributed by atoms with van der Waals surface area (Å²) in [6.07, 6.45) is 2.30. The van der Waals surface area contributed by atoms with Crippen molar-refractivity contribution in [2.24, 2.45) is 20.5 Å². The first-order valence-corrected chi connectivity index (χ1v) is 13.8. The van der Waals surface area contributed by atoms with Gasteiger partial charge < -0.3 is 5.73 Å². The number of hydrogen-bond acceptors (Lipinski definition) is 5. The number of benzene rings is 4. The smallest absolute Gasteiger partial charge is 0.0858 e. The van der Waals surface area contributed by atoms with Crippen LogP contribution in [0.15, 0.2) is 122 Å². The maximum absolute atomic E-state index is 5.62. The molecule has 0 bridgehead atoms. The minimum Gasteiger partial charge on any atom is -0.399 e. The van der Waals surface area contributed by atoms with Gasteiger partial charge in [-0.3, -0.25) is 0 Å². The summed E-state index contributed by atoms with van der Waals surface area (Å²) in [6, 6.07) is 31.7. The summed E-state index contributed by atoms with van der Waals surface area (Å²) < 4.78 is 1.05. The zero-order valence-corrected chi connectivity index (χ0v) is 24.1. The fraction of sp³-hybridized carbons (Fsp3) is 0.250. The summed E-state index contributed by atoms with van der Waals surface area (Å²) in [5, 5.41) is 16.9. The van der Waals surface area contributed by atoms with Crippen molar-refractivity contribution in [2.45, 2.75) is 52.4 Å². The normalized spacial score (nSPS) is 12.8. The fourth-order valence-electron chi connectivity index (χ4n) is 3.49. The number of nitrogens with two attached hydrogens (primary N) is 1. The van der Waals surface area contributed by atoms with Crippen molar-refractivity contribution in [3.05, 3.63) is 113 Å². The van der Waals surface area contributed by atoms with Crippen molar-refractivity contribution >= 4 is 44.4 Å². The van der Waals surface area contributed by atoms with Gasteiger partial charge in [0.1, 0.15) is 0 Å². The van der Waals surface area contributed by atoms with Crippen LogP contribution >= 0.6 is 15.9 Å². The highest BCUT2D eigenvalue weighted by atomic mass is 79.9. The van der Waals surface area contributed by atoms with E-state index in [2.05, 4.69) is 88.3 Å². The first-order chi connectivity index (χ1) is 18.4. The molecule has 4 rings (SSSR count). The Labute approximate surface area is 235 Å². The van der Waals surface area contributed by atoms with Gasteiger partial charge in [-0.15, -0.1) is 0 Å². The van der Waals surface area contributed by atoms with E-state index in [1.165, 1.54) is 11.1 Å². The second-order valence-corrected chi connectivity index (χ2v) is 10.2. The Morgan fingerprint density at radius 1 is 0.526 bits per heavy atom. The molecule has 196 valence electrons. The highest BCUT2D eigenvalue weighted by Crippen LogP contribution is 2.25. The monoisotopic (exact) mass is 569 g/mol. The van der Waals surface area contributed by atoms with Crippen LogP contribution in [0.25, 0.3) is 0 Å². The van der Waals surface area contributed by atoms with Crippen LogP contribution in [0.5, 0.6) is 0 Å². The minimum atomic E-state index is 0.586. The molecule has 0 aromatic heterocycles. The maximum Gasteiger partial charge on any atom is 0.0858 e. The van der Waals surface area contributed by atoms with Gasteiger partial charge in [0.25, 0.3) is 0 Å². The van der Waals surface area contributed by atoms with Crippen molar-refractivity contribution in [1.82, 2.24) is 0 Å². The van der Waals surface area contributed by atoms with Gasteiger partial charge in [-0.05, 0) is 109 Å². The molecule has 6 heteroatoms. The maximum atomic E-state index is 5.62. The quantitative estimate of drug-likeness (QED) is 0.166. The standard InChI is InChI=1S/C16H17BrN2.C16H19N3/c2*1-3-12(2)13-4-8-15(9-5-13)18-19-16-10-6-14(17)7-11-16/h4-12H,3H2,1-2H3;4-12H,3,17H2,1-2H3. The molecule has 0 amide bonds. The van der Waals surface area contributed by atoms with Gasteiger partial charge in [0.2, 0.25) is 0 Å². The molecule has 0 heterocycles. The lowest BCUT2D eigenvalue weighted by molar-refractivity contribution is 0.733. The Kier molecular flexibility index (Phi) is 11.4. The third-order valence-corrected chi connectivity index (χ3v) is 6.96. The van der Waals surface area contributed by atoms with E-state index in [-0.39, 0.29) is 0 Å². The van der Waals surface area contributed by atoms with Crippen molar-refractivity contribution in [3.63, 3.8) is 0 Å². The van der Waals surface area contributed by atoms with Crippen molar-refractivity contribution in [3.8, 4) is 0 Å². The Morgan fingerprint density at radius 2 is 0.816 bits per heavy atom. The molecule has 0 aliphatic carbocycles. The number of nitrogens with zero attached hydrogens (tertiary/aromatic N) is 4. The summed E-state index contributed by atoms with van der Waals surface area (Å²) >= 11 is 3.40. The summed E-state index contributed by atoms with van der Waals surface area (Å²) in [6.45, 7) is 8.86. The molecule has 2 atom stereocenters. The molecule has 2 unspecified atom stereocenters. The van der Waals surface area contributed by atoms with Gasteiger partial charge in [0.15, 0.2) is 0 Å². The van der Waals surface area contributed by atoms with Crippen LogP contribution < -0.4 is 5.73 Å². The van der Waals surface area contributed by atoms with Gasteiger partial charge in [0, 0.05) is 10.2 Å². The van der Waals surface area contributed by atoms with E-state index in [1.807, 2.05) is 72.8 Å². The van der Waals surface area contributed by atoms with E-state index in [9.17, 15) is 0 Å². The topological polar surface area (TPSA) is 75.5 Å². The first kappa shape index (κ1) is 28.9. The highest BCUT2D eigenvalue weighted by Gasteiger charge is 2.03. The lowest BCUT2D eigenvalue weighted by Gasteiger charge is -2.07. The van der Waals surface area contributed by atoms with Crippen molar-refractivity contribution < 1.29 is 0 Å². The Hall–Kier alpha value is -3.64.